The quantitative estimate of drug-likeness (QED) is 0.527. The van der Waals surface area contributed by atoms with E-state index < -0.39 is 15.9 Å². The molecule has 1 aliphatic rings. The topological polar surface area (TPSA) is 103 Å². The molecule has 0 aromatic heterocycles. The highest BCUT2D eigenvalue weighted by Crippen LogP contribution is 2.32. The lowest BCUT2D eigenvalue weighted by Crippen LogP contribution is -2.14. The first-order chi connectivity index (χ1) is 15.9. The summed E-state index contributed by atoms with van der Waals surface area (Å²) in [4.78, 5) is 12.7. The first-order valence-corrected chi connectivity index (χ1v) is 11.9. The molecule has 1 heterocycles. The second kappa shape index (κ2) is 9.60. The summed E-state index contributed by atoms with van der Waals surface area (Å²) < 4.78 is 44.5. The standard InChI is InChI=1S/C23H21ClN2O6S/c1-30-20-9-3-15(24)13-19(20)23(27)25-16-4-6-17(7-5-16)26-33(28,29)18-8-10-21-22(14-18)32-12-2-11-31-21/h3-10,13-14,26H,2,11-12H2,1H3,(H,25,27). The lowest BCUT2D eigenvalue weighted by molar-refractivity contribution is 0.102. The van der Waals surface area contributed by atoms with Crippen LogP contribution in [-0.4, -0.2) is 34.6 Å². The zero-order valence-electron chi connectivity index (χ0n) is 17.6. The van der Waals surface area contributed by atoms with Crippen molar-refractivity contribution in [3.63, 3.8) is 0 Å². The molecule has 1 aliphatic heterocycles. The largest absolute Gasteiger partial charge is 0.496 e. The fourth-order valence-electron chi connectivity index (χ4n) is 3.20. The van der Waals surface area contributed by atoms with Crippen molar-refractivity contribution < 1.29 is 27.4 Å². The molecule has 8 nitrogen and oxygen atoms in total. The summed E-state index contributed by atoms with van der Waals surface area (Å²) in [6.45, 7) is 0.975. The zero-order chi connectivity index (χ0) is 23.4. The van der Waals surface area contributed by atoms with Crippen molar-refractivity contribution in [2.24, 2.45) is 0 Å². The molecule has 3 aromatic rings. The number of halogens is 1. The number of anilines is 2. The van der Waals surface area contributed by atoms with Crippen LogP contribution in [-0.2, 0) is 10.0 Å². The summed E-state index contributed by atoms with van der Waals surface area (Å²) in [7, 11) is -2.39. The van der Waals surface area contributed by atoms with Crippen LogP contribution < -0.4 is 24.2 Å². The maximum Gasteiger partial charge on any atom is 0.262 e. The number of hydrogen-bond donors (Lipinski definition) is 2. The van der Waals surface area contributed by atoms with Crippen molar-refractivity contribution in [1.82, 2.24) is 0 Å². The molecule has 0 aliphatic carbocycles. The predicted octanol–water partition coefficient (Wildman–Crippen LogP) is 4.56. The number of hydrogen-bond acceptors (Lipinski definition) is 6. The van der Waals surface area contributed by atoms with Crippen molar-refractivity contribution in [3.8, 4) is 17.2 Å². The molecule has 0 atom stereocenters. The lowest BCUT2D eigenvalue weighted by Gasteiger charge is -2.12. The van der Waals surface area contributed by atoms with Gasteiger partial charge >= 0.3 is 0 Å². The molecular formula is C23H21ClN2O6S. The number of rotatable bonds is 6. The Balaban J connectivity index is 1.47. The average Bonchev–Trinajstić information content (AvgIpc) is 3.05. The zero-order valence-corrected chi connectivity index (χ0v) is 19.2. The van der Waals surface area contributed by atoms with Gasteiger partial charge in [-0.15, -0.1) is 0 Å². The van der Waals surface area contributed by atoms with Gasteiger partial charge in [-0.3, -0.25) is 9.52 Å². The number of carbonyl (C=O) groups is 1. The molecule has 172 valence electrons. The van der Waals surface area contributed by atoms with Crippen molar-refractivity contribution >= 4 is 38.9 Å². The number of ether oxygens (including phenoxy) is 3. The maximum atomic E-state index is 12.8. The maximum absolute atomic E-state index is 12.8. The molecule has 0 spiro atoms. The highest BCUT2D eigenvalue weighted by Gasteiger charge is 2.19. The third-order valence-corrected chi connectivity index (χ3v) is 6.44. The smallest absolute Gasteiger partial charge is 0.262 e. The minimum Gasteiger partial charge on any atom is -0.496 e. The van der Waals surface area contributed by atoms with Crippen LogP contribution >= 0.6 is 11.6 Å². The van der Waals surface area contributed by atoms with Crippen molar-refractivity contribution in [2.45, 2.75) is 11.3 Å². The van der Waals surface area contributed by atoms with Crippen LogP contribution in [0.1, 0.15) is 16.8 Å². The van der Waals surface area contributed by atoms with E-state index in [0.717, 1.165) is 6.42 Å². The van der Waals surface area contributed by atoms with Gasteiger partial charge in [0.1, 0.15) is 5.75 Å². The molecule has 10 heteroatoms. The molecule has 0 fully saturated rings. The molecule has 3 aromatic carbocycles. The fraction of sp³-hybridized carbons (Fsp3) is 0.174. The van der Waals surface area contributed by atoms with Gasteiger partial charge in [-0.2, -0.15) is 0 Å². The van der Waals surface area contributed by atoms with Crippen LogP contribution in [0, 0.1) is 0 Å². The van der Waals surface area contributed by atoms with E-state index in [-0.39, 0.29) is 10.5 Å². The van der Waals surface area contributed by atoms with Crippen LogP contribution in [0.25, 0.3) is 0 Å². The molecule has 4 rings (SSSR count). The number of carbonyl (C=O) groups excluding carboxylic acids is 1. The van der Waals surface area contributed by atoms with Gasteiger partial charge in [0, 0.05) is 28.9 Å². The normalized spacial score (nSPS) is 13.0. The lowest BCUT2D eigenvalue weighted by atomic mass is 10.2. The fourth-order valence-corrected chi connectivity index (χ4v) is 4.45. The Bertz CT molecular complexity index is 1280. The summed E-state index contributed by atoms with van der Waals surface area (Å²) >= 11 is 5.99. The summed E-state index contributed by atoms with van der Waals surface area (Å²) in [6, 6.07) is 15.5. The van der Waals surface area contributed by atoms with Crippen molar-refractivity contribution in [2.75, 3.05) is 30.4 Å². The number of sulfonamides is 1. The molecule has 0 bridgehead atoms. The SMILES string of the molecule is COc1ccc(Cl)cc1C(=O)Nc1ccc(NS(=O)(=O)c2ccc3c(c2)OCCCO3)cc1. The van der Waals surface area contributed by atoms with Gasteiger partial charge in [0.05, 0.1) is 30.8 Å². The van der Waals surface area contributed by atoms with Crippen LogP contribution in [0.4, 0.5) is 11.4 Å². The van der Waals surface area contributed by atoms with E-state index in [4.69, 9.17) is 25.8 Å². The highest BCUT2D eigenvalue weighted by atomic mass is 35.5. The Morgan fingerprint density at radius 3 is 2.36 bits per heavy atom. The van der Waals surface area contributed by atoms with Gasteiger partial charge in [0.2, 0.25) is 0 Å². The minimum absolute atomic E-state index is 0.0529. The Kier molecular flexibility index (Phi) is 6.62. The second-order valence-corrected chi connectivity index (χ2v) is 9.26. The third-order valence-electron chi connectivity index (χ3n) is 4.83. The Hall–Kier alpha value is -3.43. The molecule has 0 radical (unpaired) electrons. The summed E-state index contributed by atoms with van der Waals surface area (Å²) in [5, 5.41) is 3.14. The number of fused-ring (bicyclic) bond motifs is 1. The number of methoxy groups -OCH3 is 1. The average molecular weight is 489 g/mol. The van der Waals surface area contributed by atoms with Crippen LogP contribution in [0.15, 0.2) is 65.6 Å². The van der Waals surface area contributed by atoms with E-state index in [9.17, 15) is 13.2 Å². The van der Waals surface area contributed by atoms with Crippen molar-refractivity contribution in [3.05, 3.63) is 71.2 Å². The second-order valence-electron chi connectivity index (χ2n) is 7.14. The summed E-state index contributed by atoms with van der Waals surface area (Å²) in [6.07, 6.45) is 0.724. The first-order valence-electron chi connectivity index (χ1n) is 10.0. The number of benzene rings is 3. The summed E-state index contributed by atoms with van der Waals surface area (Å²) in [5.41, 5.74) is 1.09. The van der Waals surface area contributed by atoms with Gasteiger partial charge in [-0.05, 0) is 54.6 Å². The van der Waals surface area contributed by atoms with E-state index in [1.165, 1.54) is 25.3 Å². The van der Waals surface area contributed by atoms with E-state index in [1.807, 2.05) is 0 Å². The van der Waals surface area contributed by atoms with E-state index in [0.29, 0.717) is 46.9 Å². The minimum atomic E-state index is -3.86. The third kappa shape index (κ3) is 5.32. The van der Waals surface area contributed by atoms with E-state index in [2.05, 4.69) is 10.0 Å². The van der Waals surface area contributed by atoms with Crippen LogP contribution in [0.5, 0.6) is 17.2 Å². The summed E-state index contributed by atoms with van der Waals surface area (Å²) in [5.74, 6) is 0.888. The number of amides is 1. The molecule has 1 amide bonds. The molecule has 2 N–H and O–H groups in total. The molecule has 0 saturated heterocycles. The van der Waals surface area contributed by atoms with E-state index >= 15 is 0 Å². The molecular weight excluding hydrogens is 468 g/mol. The van der Waals surface area contributed by atoms with Gasteiger partial charge in [0.25, 0.3) is 15.9 Å². The Labute approximate surface area is 196 Å². The van der Waals surface area contributed by atoms with Gasteiger partial charge < -0.3 is 19.5 Å². The predicted molar refractivity (Wildman–Crippen MR) is 125 cm³/mol. The highest BCUT2D eigenvalue weighted by molar-refractivity contribution is 7.92. The molecule has 33 heavy (non-hydrogen) atoms. The Morgan fingerprint density at radius 2 is 1.64 bits per heavy atom. The van der Waals surface area contributed by atoms with Gasteiger partial charge in [0.15, 0.2) is 11.5 Å². The Morgan fingerprint density at radius 1 is 0.939 bits per heavy atom. The van der Waals surface area contributed by atoms with Crippen molar-refractivity contribution in [1.29, 1.82) is 0 Å². The van der Waals surface area contributed by atoms with Gasteiger partial charge in [-0.25, -0.2) is 8.42 Å². The molecule has 0 saturated carbocycles. The number of nitrogens with one attached hydrogen (secondary N) is 2. The first kappa shape index (κ1) is 22.8. The van der Waals surface area contributed by atoms with Crippen LogP contribution in [0.3, 0.4) is 0 Å². The van der Waals surface area contributed by atoms with Crippen LogP contribution in [0.2, 0.25) is 5.02 Å². The molecule has 0 unspecified atom stereocenters. The monoisotopic (exact) mass is 488 g/mol. The van der Waals surface area contributed by atoms with Gasteiger partial charge in [-0.1, -0.05) is 11.6 Å². The van der Waals surface area contributed by atoms with E-state index in [1.54, 1.807) is 42.5 Å².